The van der Waals surface area contributed by atoms with Crippen molar-refractivity contribution < 1.29 is 9.53 Å². The highest BCUT2D eigenvalue weighted by Gasteiger charge is 2.18. The number of hydrogen-bond acceptors (Lipinski definition) is 4. The van der Waals surface area contributed by atoms with E-state index in [0.717, 1.165) is 0 Å². The SMILES string of the molecule is CCOC(=O)c1n[nH]n(-c2ccccc2)c1=O. The summed E-state index contributed by atoms with van der Waals surface area (Å²) in [5.41, 5.74) is -0.147. The standard InChI is InChI=1S/C11H11N3O3/c1-2-17-11(16)9-10(15)14(13-12-9)8-6-4-3-5-7-8/h3-7,13H,2H2,1H3. The number of carbonyl (C=O) groups is 1. The van der Waals surface area contributed by atoms with Crippen LogP contribution >= 0.6 is 0 Å². The van der Waals surface area contributed by atoms with Gasteiger partial charge in [-0.05, 0) is 19.1 Å². The van der Waals surface area contributed by atoms with Crippen molar-refractivity contribution in [3.8, 4) is 5.69 Å². The number of benzene rings is 1. The maximum Gasteiger partial charge on any atom is 0.364 e. The zero-order valence-electron chi connectivity index (χ0n) is 9.21. The molecule has 2 aromatic rings. The molecule has 6 nitrogen and oxygen atoms in total. The summed E-state index contributed by atoms with van der Waals surface area (Å²) in [6, 6.07) is 8.86. The normalized spacial score (nSPS) is 10.2. The Kier molecular flexibility index (Phi) is 3.04. The summed E-state index contributed by atoms with van der Waals surface area (Å²) < 4.78 is 5.91. The van der Waals surface area contributed by atoms with Crippen LogP contribution in [-0.4, -0.2) is 27.6 Å². The monoisotopic (exact) mass is 233 g/mol. The van der Waals surface area contributed by atoms with Gasteiger partial charge in [-0.1, -0.05) is 18.2 Å². The maximum absolute atomic E-state index is 11.9. The molecular formula is C11H11N3O3. The lowest BCUT2D eigenvalue weighted by atomic mass is 10.3. The second-order valence-electron chi connectivity index (χ2n) is 3.26. The molecule has 0 radical (unpaired) electrons. The summed E-state index contributed by atoms with van der Waals surface area (Å²) >= 11 is 0. The van der Waals surface area contributed by atoms with E-state index >= 15 is 0 Å². The minimum absolute atomic E-state index is 0.205. The Labute approximate surface area is 96.8 Å². The third-order valence-electron chi connectivity index (χ3n) is 2.15. The molecular weight excluding hydrogens is 222 g/mol. The highest BCUT2D eigenvalue weighted by Crippen LogP contribution is 2.02. The summed E-state index contributed by atoms with van der Waals surface area (Å²) in [6.07, 6.45) is 0. The average molecular weight is 233 g/mol. The first-order chi connectivity index (χ1) is 8.24. The molecule has 0 bridgehead atoms. The number of nitrogens with one attached hydrogen (secondary N) is 1. The van der Waals surface area contributed by atoms with Crippen molar-refractivity contribution in [2.45, 2.75) is 6.92 Å². The second-order valence-corrected chi connectivity index (χ2v) is 3.26. The number of hydrogen-bond donors (Lipinski definition) is 1. The van der Waals surface area contributed by atoms with Gasteiger partial charge in [0.05, 0.1) is 12.3 Å². The van der Waals surface area contributed by atoms with Crippen LogP contribution in [0.5, 0.6) is 0 Å². The van der Waals surface area contributed by atoms with Crippen LogP contribution in [0.4, 0.5) is 0 Å². The van der Waals surface area contributed by atoms with Crippen LogP contribution in [0.25, 0.3) is 5.69 Å². The van der Waals surface area contributed by atoms with Crippen molar-refractivity contribution in [2.24, 2.45) is 0 Å². The van der Waals surface area contributed by atoms with Gasteiger partial charge >= 0.3 is 11.5 Å². The smallest absolute Gasteiger partial charge is 0.364 e. The molecule has 0 aliphatic carbocycles. The van der Waals surface area contributed by atoms with E-state index in [1.165, 1.54) is 4.68 Å². The fourth-order valence-electron chi connectivity index (χ4n) is 1.38. The second kappa shape index (κ2) is 4.65. The molecule has 0 atom stereocenters. The van der Waals surface area contributed by atoms with Crippen molar-refractivity contribution >= 4 is 5.97 Å². The molecule has 17 heavy (non-hydrogen) atoms. The number of ether oxygens (including phenoxy) is 1. The molecule has 0 saturated heterocycles. The fraction of sp³-hybridized carbons (Fsp3) is 0.182. The number of H-pyrrole nitrogens is 1. The fourth-order valence-corrected chi connectivity index (χ4v) is 1.38. The summed E-state index contributed by atoms with van der Waals surface area (Å²) in [7, 11) is 0. The lowest BCUT2D eigenvalue weighted by Gasteiger charge is -1.98. The van der Waals surface area contributed by atoms with Crippen molar-refractivity contribution in [3.05, 3.63) is 46.4 Å². The van der Waals surface area contributed by atoms with Crippen LogP contribution in [0.1, 0.15) is 17.4 Å². The molecule has 1 aromatic carbocycles. The zero-order chi connectivity index (χ0) is 12.3. The Morgan fingerprint density at radius 1 is 1.41 bits per heavy atom. The Hall–Kier alpha value is -2.37. The van der Waals surface area contributed by atoms with Gasteiger partial charge in [-0.15, -0.1) is 5.10 Å². The van der Waals surface area contributed by atoms with E-state index in [2.05, 4.69) is 10.3 Å². The molecule has 0 aliphatic rings. The van der Waals surface area contributed by atoms with Crippen molar-refractivity contribution in [3.63, 3.8) is 0 Å². The minimum atomic E-state index is -0.719. The topological polar surface area (TPSA) is 77.0 Å². The van der Waals surface area contributed by atoms with E-state index in [4.69, 9.17) is 4.74 Å². The molecule has 0 saturated carbocycles. The van der Waals surface area contributed by atoms with Gasteiger partial charge in [0.1, 0.15) is 0 Å². The summed E-state index contributed by atoms with van der Waals surface area (Å²) in [5.74, 6) is -0.719. The van der Waals surface area contributed by atoms with Gasteiger partial charge in [-0.2, -0.15) is 0 Å². The van der Waals surface area contributed by atoms with Crippen LogP contribution in [0, 0.1) is 0 Å². The van der Waals surface area contributed by atoms with Crippen molar-refractivity contribution in [1.82, 2.24) is 15.0 Å². The maximum atomic E-state index is 11.9. The van der Waals surface area contributed by atoms with Gasteiger partial charge in [0.25, 0.3) is 0 Å². The van der Waals surface area contributed by atoms with Gasteiger partial charge in [-0.25, -0.2) is 14.7 Å². The molecule has 0 spiro atoms. The first-order valence-corrected chi connectivity index (χ1v) is 5.14. The average Bonchev–Trinajstić information content (AvgIpc) is 2.72. The first-order valence-electron chi connectivity index (χ1n) is 5.14. The summed E-state index contributed by atoms with van der Waals surface area (Å²) in [6.45, 7) is 1.87. The van der Waals surface area contributed by atoms with E-state index in [0.29, 0.717) is 5.69 Å². The Morgan fingerprint density at radius 2 is 2.12 bits per heavy atom. The third-order valence-corrected chi connectivity index (χ3v) is 2.15. The number of carbonyl (C=O) groups excluding carboxylic acids is 1. The molecule has 2 rings (SSSR count). The largest absolute Gasteiger partial charge is 0.461 e. The van der Waals surface area contributed by atoms with Gasteiger partial charge in [-0.3, -0.25) is 4.79 Å². The van der Waals surface area contributed by atoms with Gasteiger partial charge in [0.15, 0.2) is 0 Å². The number of aromatic amines is 1. The predicted molar refractivity (Wildman–Crippen MR) is 60.1 cm³/mol. The number of esters is 1. The molecule has 1 N–H and O–H groups in total. The summed E-state index contributed by atoms with van der Waals surface area (Å²) in [4.78, 5) is 23.2. The zero-order valence-corrected chi connectivity index (χ0v) is 9.21. The number of rotatable bonds is 3. The Balaban J connectivity index is 2.40. The van der Waals surface area contributed by atoms with Gasteiger partial charge in [0.2, 0.25) is 5.69 Å². The van der Waals surface area contributed by atoms with Crippen LogP contribution in [0.3, 0.4) is 0 Å². The predicted octanol–water partition coefficient (Wildman–Crippen LogP) is 0.737. The number of para-hydroxylation sites is 1. The highest BCUT2D eigenvalue weighted by atomic mass is 16.5. The molecule has 1 heterocycles. The van der Waals surface area contributed by atoms with Crippen LogP contribution in [-0.2, 0) is 4.74 Å². The van der Waals surface area contributed by atoms with E-state index < -0.39 is 11.5 Å². The van der Waals surface area contributed by atoms with Crippen LogP contribution in [0.15, 0.2) is 35.1 Å². The molecule has 6 heteroatoms. The van der Waals surface area contributed by atoms with Crippen LogP contribution in [0.2, 0.25) is 0 Å². The molecule has 0 aliphatic heterocycles. The Bertz CT molecular complexity index is 571. The lowest BCUT2D eigenvalue weighted by Crippen LogP contribution is -2.21. The highest BCUT2D eigenvalue weighted by molar-refractivity contribution is 5.86. The first kappa shape index (κ1) is 11.1. The molecule has 88 valence electrons. The molecule has 0 amide bonds. The van der Waals surface area contributed by atoms with E-state index in [1.54, 1.807) is 31.2 Å². The quantitative estimate of drug-likeness (QED) is 0.793. The lowest BCUT2D eigenvalue weighted by molar-refractivity contribution is 0.0518. The molecule has 0 unspecified atom stereocenters. The van der Waals surface area contributed by atoms with Crippen molar-refractivity contribution in [1.29, 1.82) is 0 Å². The van der Waals surface area contributed by atoms with Crippen LogP contribution < -0.4 is 5.56 Å². The molecule has 1 aromatic heterocycles. The van der Waals surface area contributed by atoms with E-state index in [9.17, 15) is 9.59 Å². The minimum Gasteiger partial charge on any atom is -0.461 e. The summed E-state index contributed by atoms with van der Waals surface area (Å²) in [5, 5.41) is 6.14. The van der Waals surface area contributed by atoms with E-state index in [-0.39, 0.29) is 12.3 Å². The van der Waals surface area contributed by atoms with Crippen molar-refractivity contribution in [2.75, 3.05) is 6.61 Å². The van der Waals surface area contributed by atoms with E-state index in [1.807, 2.05) is 6.07 Å². The van der Waals surface area contributed by atoms with Gasteiger partial charge < -0.3 is 4.74 Å². The van der Waals surface area contributed by atoms with Gasteiger partial charge in [0, 0.05) is 0 Å². The molecule has 0 fully saturated rings. The number of aromatic nitrogens is 3. The Morgan fingerprint density at radius 3 is 2.76 bits per heavy atom. The number of nitrogens with zero attached hydrogens (tertiary/aromatic N) is 2. The third kappa shape index (κ3) is 2.10.